The zero-order valence-corrected chi connectivity index (χ0v) is 22.2. The highest BCUT2D eigenvalue weighted by molar-refractivity contribution is 5.93. The SMILES string of the molecule is COCCN(CC(=O)Nc1nc(-c2cccc(OC)c2)cn1-c1ccc(OC)cc1)C(=O)NC(C)(C)C. The lowest BCUT2D eigenvalue weighted by atomic mass is 10.1. The van der Waals surface area contributed by atoms with Crippen molar-refractivity contribution in [3.8, 4) is 28.4 Å². The van der Waals surface area contributed by atoms with Crippen molar-refractivity contribution in [1.29, 1.82) is 0 Å². The van der Waals surface area contributed by atoms with Gasteiger partial charge in [0.2, 0.25) is 11.9 Å². The Morgan fingerprint density at radius 1 is 1.00 bits per heavy atom. The van der Waals surface area contributed by atoms with Gasteiger partial charge >= 0.3 is 6.03 Å². The van der Waals surface area contributed by atoms with Gasteiger partial charge in [-0.15, -0.1) is 0 Å². The zero-order chi connectivity index (χ0) is 27.0. The van der Waals surface area contributed by atoms with Crippen LogP contribution < -0.4 is 20.1 Å². The van der Waals surface area contributed by atoms with Crippen LogP contribution in [-0.4, -0.2) is 73.0 Å². The van der Waals surface area contributed by atoms with Crippen LogP contribution in [-0.2, 0) is 9.53 Å². The number of carbonyl (C=O) groups is 2. The van der Waals surface area contributed by atoms with Gasteiger partial charge in [-0.05, 0) is 57.2 Å². The summed E-state index contributed by atoms with van der Waals surface area (Å²) in [6.07, 6.45) is 1.83. The number of benzene rings is 2. The molecule has 198 valence electrons. The van der Waals surface area contributed by atoms with Gasteiger partial charge in [0.25, 0.3) is 0 Å². The highest BCUT2D eigenvalue weighted by Gasteiger charge is 2.23. The molecule has 0 atom stereocenters. The molecule has 0 bridgehead atoms. The molecule has 2 aromatic carbocycles. The second-order valence-corrected chi connectivity index (χ2v) is 9.39. The average Bonchev–Trinajstić information content (AvgIpc) is 3.29. The number of hydrogen-bond donors (Lipinski definition) is 2. The molecule has 0 radical (unpaired) electrons. The molecule has 3 rings (SSSR count). The normalized spacial score (nSPS) is 11.1. The van der Waals surface area contributed by atoms with Crippen LogP contribution in [0.3, 0.4) is 0 Å². The Morgan fingerprint density at radius 3 is 2.32 bits per heavy atom. The van der Waals surface area contributed by atoms with Crippen molar-refractivity contribution in [2.45, 2.75) is 26.3 Å². The number of nitrogens with zero attached hydrogens (tertiary/aromatic N) is 3. The molecule has 0 aliphatic rings. The average molecular weight is 510 g/mol. The summed E-state index contributed by atoms with van der Waals surface area (Å²) in [6, 6.07) is 14.6. The van der Waals surface area contributed by atoms with Gasteiger partial charge in [-0.3, -0.25) is 14.7 Å². The maximum Gasteiger partial charge on any atom is 0.318 e. The number of amides is 3. The molecule has 3 amide bonds. The van der Waals surface area contributed by atoms with Gasteiger partial charge in [-0.1, -0.05) is 12.1 Å². The largest absolute Gasteiger partial charge is 0.497 e. The highest BCUT2D eigenvalue weighted by Crippen LogP contribution is 2.27. The fourth-order valence-corrected chi connectivity index (χ4v) is 3.52. The molecule has 3 aromatic rings. The van der Waals surface area contributed by atoms with Crippen LogP contribution >= 0.6 is 0 Å². The first-order chi connectivity index (χ1) is 17.6. The molecule has 37 heavy (non-hydrogen) atoms. The van der Waals surface area contributed by atoms with Crippen molar-refractivity contribution in [2.24, 2.45) is 0 Å². The van der Waals surface area contributed by atoms with E-state index in [1.165, 1.54) is 4.90 Å². The molecule has 0 unspecified atom stereocenters. The Hall–Kier alpha value is -4.05. The summed E-state index contributed by atoms with van der Waals surface area (Å²) in [5, 5.41) is 5.76. The van der Waals surface area contributed by atoms with Crippen molar-refractivity contribution in [3.63, 3.8) is 0 Å². The number of imidazole rings is 1. The third-order valence-electron chi connectivity index (χ3n) is 5.34. The van der Waals surface area contributed by atoms with E-state index in [0.717, 1.165) is 11.3 Å². The van der Waals surface area contributed by atoms with Crippen LogP contribution in [0, 0.1) is 0 Å². The molecule has 0 spiro atoms. The number of methoxy groups -OCH3 is 3. The number of hydrogen-bond acceptors (Lipinski definition) is 6. The molecule has 0 saturated heterocycles. The van der Waals surface area contributed by atoms with Crippen LogP contribution in [0.1, 0.15) is 20.8 Å². The topological polar surface area (TPSA) is 107 Å². The van der Waals surface area contributed by atoms with Crippen molar-refractivity contribution in [3.05, 3.63) is 54.7 Å². The molecule has 10 nitrogen and oxygen atoms in total. The third-order valence-corrected chi connectivity index (χ3v) is 5.34. The van der Waals surface area contributed by atoms with Crippen molar-refractivity contribution < 1.29 is 23.8 Å². The monoisotopic (exact) mass is 509 g/mol. The smallest absolute Gasteiger partial charge is 0.318 e. The lowest BCUT2D eigenvalue weighted by Crippen LogP contribution is -2.51. The number of aromatic nitrogens is 2. The van der Waals surface area contributed by atoms with Gasteiger partial charge in [0.1, 0.15) is 18.0 Å². The Morgan fingerprint density at radius 2 is 1.70 bits per heavy atom. The Balaban J connectivity index is 1.90. The van der Waals surface area contributed by atoms with Crippen LogP contribution in [0.5, 0.6) is 11.5 Å². The van der Waals surface area contributed by atoms with Gasteiger partial charge in [0.05, 0.1) is 26.5 Å². The number of rotatable bonds is 10. The van der Waals surface area contributed by atoms with E-state index in [0.29, 0.717) is 29.7 Å². The summed E-state index contributed by atoms with van der Waals surface area (Å²) in [5.41, 5.74) is 1.80. The quantitative estimate of drug-likeness (QED) is 0.429. The molecular formula is C27H35N5O5. The fraction of sp³-hybridized carbons (Fsp3) is 0.370. The number of urea groups is 1. The van der Waals surface area contributed by atoms with Gasteiger partial charge in [0.15, 0.2) is 0 Å². The minimum Gasteiger partial charge on any atom is -0.497 e. The molecule has 2 N–H and O–H groups in total. The van der Waals surface area contributed by atoms with E-state index in [9.17, 15) is 9.59 Å². The fourth-order valence-electron chi connectivity index (χ4n) is 3.52. The van der Waals surface area contributed by atoms with Crippen LogP contribution in [0.15, 0.2) is 54.7 Å². The predicted octanol–water partition coefficient (Wildman–Crippen LogP) is 3.95. The summed E-state index contributed by atoms with van der Waals surface area (Å²) in [4.78, 5) is 32.0. The molecule has 0 aliphatic heterocycles. The Labute approximate surface area is 217 Å². The molecule has 1 aromatic heterocycles. The van der Waals surface area contributed by atoms with Gasteiger partial charge in [-0.2, -0.15) is 0 Å². The maximum absolute atomic E-state index is 13.1. The van der Waals surface area contributed by atoms with E-state index in [4.69, 9.17) is 14.2 Å². The molecule has 1 heterocycles. The third kappa shape index (κ3) is 7.71. The van der Waals surface area contributed by atoms with Gasteiger partial charge in [-0.25, -0.2) is 9.78 Å². The summed E-state index contributed by atoms with van der Waals surface area (Å²) in [7, 11) is 4.75. The minimum atomic E-state index is -0.449. The maximum atomic E-state index is 13.1. The minimum absolute atomic E-state index is 0.171. The summed E-state index contributed by atoms with van der Waals surface area (Å²) in [5.74, 6) is 1.33. The molecular weight excluding hydrogens is 474 g/mol. The zero-order valence-electron chi connectivity index (χ0n) is 22.2. The number of carbonyl (C=O) groups excluding carboxylic acids is 2. The van der Waals surface area contributed by atoms with Crippen molar-refractivity contribution in [2.75, 3.05) is 46.3 Å². The predicted molar refractivity (Wildman–Crippen MR) is 142 cm³/mol. The lowest BCUT2D eigenvalue weighted by molar-refractivity contribution is -0.117. The highest BCUT2D eigenvalue weighted by atomic mass is 16.5. The summed E-state index contributed by atoms with van der Waals surface area (Å²) in [6.45, 7) is 6.02. The first kappa shape index (κ1) is 27.5. The number of ether oxygens (including phenoxy) is 3. The van der Waals surface area contributed by atoms with E-state index in [1.807, 2.05) is 75.5 Å². The van der Waals surface area contributed by atoms with E-state index < -0.39 is 11.4 Å². The van der Waals surface area contributed by atoms with Crippen molar-refractivity contribution in [1.82, 2.24) is 19.8 Å². The Kier molecular flexibility index (Phi) is 9.13. The first-order valence-corrected chi connectivity index (χ1v) is 11.9. The summed E-state index contributed by atoms with van der Waals surface area (Å²) < 4.78 is 17.5. The lowest BCUT2D eigenvalue weighted by Gasteiger charge is -2.28. The Bertz CT molecular complexity index is 1200. The molecule has 0 saturated carbocycles. The standard InChI is InChI=1S/C27H35N5O5/c1-27(2,3)30-26(34)31(14-15-35-4)18-24(33)29-25-28-23(19-8-7-9-22(16-19)37-6)17-32(25)20-10-12-21(36-5)13-11-20/h7-13,16-17H,14-15,18H2,1-6H3,(H,30,34)(H,28,29,33). The van der Waals surface area contributed by atoms with E-state index in [-0.39, 0.29) is 19.1 Å². The molecule has 10 heteroatoms. The number of nitrogens with one attached hydrogen (secondary N) is 2. The first-order valence-electron chi connectivity index (χ1n) is 11.9. The molecule has 0 fully saturated rings. The van der Waals surface area contributed by atoms with Crippen molar-refractivity contribution >= 4 is 17.9 Å². The van der Waals surface area contributed by atoms with Gasteiger partial charge < -0.3 is 24.4 Å². The van der Waals surface area contributed by atoms with Gasteiger partial charge in [0, 0.05) is 36.6 Å². The molecule has 0 aliphatic carbocycles. The van der Waals surface area contributed by atoms with E-state index in [2.05, 4.69) is 15.6 Å². The summed E-state index contributed by atoms with van der Waals surface area (Å²) >= 11 is 0. The van der Waals surface area contributed by atoms with Crippen LogP contribution in [0.25, 0.3) is 16.9 Å². The van der Waals surface area contributed by atoms with E-state index >= 15 is 0 Å². The van der Waals surface area contributed by atoms with Crippen LogP contribution in [0.2, 0.25) is 0 Å². The van der Waals surface area contributed by atoms with E-state index in [1.54, 1.807) is 25.9 Å². The second-order valence-electron chi connectivity index (χ2n) is 9.39. The second kappa shape index (κ2) is 12.3. The number of anilines is 1. The van der Waals surface area contributed by atoms with Crippen LogP contribution in [0.4, 0.5) is 10.7 Å².